The Labute approximate surface area is 91.5 Å². The molecule has 0 aromatic rings. The molecule has 2 unspecified atom stereocenters. The number of likely N-dealkylation sites (N-methyl/N-ethyl adjacent to an activating group) is 1. The first-order valence-corrected chi connectivity index (χ1v) is 6.94. The number of ether oxygens (including phenoxy) is 1. The topological polar surface area (TPSA) is 72.6 Å². The van der Waals surface area contributed by atoms with Gasteiger partial charge in [-0.2, -0.15) is 0 Å². The van der Waals surface area contributed by atoms with Crippen LogP contribution in [0.5, 0.6) is 0 Å². The molecule has 0 bridgehead atoms. The summed E-state index contributed by atoms with van der Waals surface area (Å²) in [5.74, 6) is 0.576. The fraction of sp³-hybridized carbons (Fsp3) is 1.00. The fourth-order valence-corrected chi connectivity index (χ4v) is 3.64. The van der Waals surface area contributed by atoms with Crippen LogP contribution < -0.4 is 5.73 Å². The molecule has 5 nitrogen and oxygen atoms in total. The van der Waals surface area contributed by atoms with Crippen LogP contribution in [0.15, 0.2) is 0 Å². The second-order valence-electron chi connectivity index (χ2n) is 4.09. The molecule has 1 rings (SSSR count). The Bertz CT molecular complexity index is 288. The lowest BCUT2D eigenvalue weighted by Crippen LogP contribution is -2.41. The minimum Gasteiger partial charge on any atom is -0.379 e. The third-order valence-electron chi connectivity index (χ3n) is 2.92. The highest BCUT2D eigenvalue weighted by molar-refractivity contribution is 7.91. The van der Waals surface area contributed by atoms with Crippen LogP contribution in [0.25, 0.3) is 0 Å². The Morgan fingerprint density at radius 1 is 1.60 bits per heavy atom. The van der Waals surface area contributed by atoms with Gasteiger partial charge in [0.25, 0.3) is 0 Å². The van der Waals surface area contributed by atoms with Crippen LogP contribution in [0.2, 0.25) is 0 Å². The van der Waals surface area contributed by atoms with Gasteiger partial charge >= 0.3 is 0 Å². The third-order valence-corrected chi connectivity index (χ3v) is 4.67. The van der Waals surface area contributed by atoms with Gasteiger partial charge < -0.3 is 10.5 Å². The first-order chi connectivity index (χ1) is 6.98. The van der Waals surface area contributed by atoms with Gasteiger partial charge in [-0.15, -0.1) is 0 Å². The molecular formula is C9H20N2O3S. The molecule has 0 amide bonds. The summed E-state index contributed by atoms with van der Waals surface area (Å²) in [5.41, 5.74) is 5.51. The molecule has 1 saturated heterocycles. The number of rotatable bonds is 5. The van der Waals surface area contributed by atoms with Crippen molar-refractivity contribution in [1.29, 1.82) is 0 Å². The van der Waals surface area contributed by atoms with Gasteiger partial charge in [-0.05, 0) is 13.5 Å². The van der Waals surface area contributed by atoms with Crippen molar-refractivity contribution in [3.8, 4) is 0 Å². The maximum Gasteiger partial charge on any atom is 0.151 e. The Morgan fingerprint density at radius 2 is 2.27 bits per heavy atom. The Kier molecular flexibility index (Phi) is 4.51. The van der Waals surface area contributed by atoms with Gasteiger partial charge in [0.1, 0.15) is 0 Å². The predicted octanol–water partition coefficient (Wildman–Crippen LogP) is -0.921. The highest BCUT2D eigenvalue weighted by Crippen LogP contribution is 2.16. The number of hydrogen-bond donors (Lipinski definition) is 1. The molecule has 0 aliphatic carbocycles. The van der Waals surface area contributed by atoms with Crippen molar-refractivity contribution < 1.29 is 13.2 Å². The molecule has 1 aliphatic heterocycles. The van der Waals surface area contributed by atoms with Crippen LogP contribution in [0.4, 0.5) is 0 Å². The summed E-state index contributed by atoms with van der Waals surface area (Å²) in [6.07, 6.45) is 0.707. The number of sulfone groups is 1. The van der Waals surface area contributed by atoms with Crippen LogP contribution in [0.1, 0.15) is 6.42 Å². The van der Waals surface area contributed by atoms with Gasteiger partial charge in [-0.1, -0.05) is 0 Å². The van der Waals surface area contributed by atoms with Crippen LogP contribution in [0, 0.1) is 0 Å². The number of hydrogen-bond acceptors (Lipinski definition) is 5. The van der Waals surface area contributed by atoms with Crippen LogP contribution in [-0.4, -0.2) is 64.2 Å². The molecular weight excluding hydrogens is 216 g/mol. The SMILES string of the molecule is COC(CN)CN(C)C1CCS(=O)(=O)C1. The van der Waals surface area contributed by atoms with E-state index in [9.17, 15) is 8.42 Å². The van der Waals surface area contributed by atoms with Gasteiger partial charge in [-0.25, -0.2) is 8.42 Å². The largest absolute Gasteiger partial charge is 0.379 e. The molecule has 1 fully saturated rings. The zero-order chi connectivity index (χ0) is 11.5. The van der Waals surface area contributed by atoms with Gasteiger partial charge in [0.05, 0.1) is 17.6 Å². The van der Waals surface area contributed by atoms with Crippen molar-refractivity contribution in [2.75, 3.05) is 38.8 Å². The van der Waals surface area contributed by atoms with Crippen LogP contribution in [0.3, 0.4) is 0 Å². The molecule has 0 saturated carbocycles. The van der Waals surface area contributed by atoms with E-state index in [4.69, 9.17) is 10.5 Å². The normalized spacial score (nSPS) is 27.1. The lowest BCUT2D eigenvalue weighted by Gasteiger charge is -2.26. The van der Waals surface area contributed by atoms with Gasteiger partial charge in [0.15, 0.2) is 9.84 Å². The molecule has 1 heterocycles. The van der Waals surface area contributed by atoms with E-state index in [2.05, 4.69) is 0 Å². The Morgan fingerprint density at radius 3 is 2.67 bits per heavy atom. The molecule has 0 spiro atoms. The standard InChI is InChI=1S/C9H20N2O3S/c1-11(6-9(5-10)14-2)8-3-4-15(12,13)7-8/h8-9H,3-7,10H2,1-2H3. The molecule has 6 heteroatoms. The van der Waals surface area contributed by atoms with E-state index in [0.29, 0.717) is 18.8 Å². The van der Waals surface area contributed by atoms with Gasteiger partial charge in [0, 0.05) is 26.2 Å². The van der Waals surface area contributed by atoms with Gasteiger partial charge in [0.2, 0.25) is 0 Å². The molecule has 2 N–H and O–H groups in total. The molecule has 1 aliphatic rings. The molecule has 90 valence electrons. The Balaban J connectivity index is 2.44. The van der Waals surface area contributed by atoms with E-state index < -0.39 is 9.84 Å². The summed E-state index contributed by atoms with van der Waals surface area (Å²) in [5, 5.41) is 0. The lowest BCUT2D eigenvalue weighted by atomic mass is 10.2. The molecule has 0 aromatic carbocycles. The molecule has 15 heavy (non-hydrogen) atoms. The van der Waals surface area contributed by atoms with Crippen LogP contribution >= 0.6 is 0 Å². The van der Waals surface area contributed by atoms with Gasteiger partial charge in [-0.3, -0.25) is 4.90 Å². The van der Waals surface area contributed by atoms with Crippen molar-refractivity contribution in [3.05, 3.63) is 0 Å². The first kappa shape index (κ1) is 12.9. The second kappa shape index (κ2) is 5.25. The monoisotopic (exact) mass is 236 g/mol. The number of nitrogens with two attached hydrogens (primary N) is 1. The van der Waals surface area contributed by atoms with Crippen molar-refractivity contribution in [2.45, 2.75) is 18.6 Å². The van der Waals surface area contributed by atoms with Crippen molar-refractivity contribution in [3.63, 3.8) is 0 Å². The quantitative estimate of drug-likeness (QED) is 0.668. The minimum absolute atomic E-state index is 0.0155. The van der Waals surface area contributed by atoms with Crippen molar-refractivity contribution >= 4 is 9.84 Å². The maximum atomic E-state index is 11.3. The fourth-order valence-electron chi connectivity index (χ4n) is 1.84. The van der Waals surface area contributed by atoms with E-state index in [-0.39, 0.29) is 17.9 Å². The zero-order valence-electron chi connectivity index (χ0n) is 9.35. The lowest BCUT2D eigenvalue weighted by molar-refractivity contribution is 0.0680. The average Bonchev–Trinajstić information content (AvgIpc) is 2.55. The average molecular weight is 236 g/mol. The van der Waals surface area contributed by atoms with Crippen LogP contribution in [-0.2, 0) is 14.6 Å². The molecule has 0 radical (unpaired) electrons. The zero-order valence-corrected chi connectivity index (χ0v) is 10.2. The van der Waals surface area contributed by atoms with E-state index in [1.54, 1.807) is 7.11 Å². The predicted molar refractivity (Wildman–Crippen MR) is 59.5 cm³/mol. The summed E-state index contributed by atoms with van der Waals surface area (Å²) in [6, 6.07) is 0.124. The molecule has 2 atom stereocenters. The third kappa shape index (κ3) is 3.71. The highest BCUT2D eigenvalue weighted by atomic mass is 32.2. The first-order valence-electron chi connectivity index (χ1n) is 5.12. The summed E-state index contributed by atoms with van der Waals surface area (Å²) < 4.78 is 27.7. The minimum atomic E-state index is -2.80. The second-order valence-corrected chi connectivity index (χ2v) is 6.32. The summed E-state index contributed by atoms with van der Waals surface area (Å²) >= 11 is 0. The maximum absolute atomic E-state index is 11.3. The molecule has 0 aromatic heterocycles. The Hall–Kier alpha value is -0.170. The summed E-state index contributed by atoms with van der Waals surface area (Å²) in [7, 11) is 0.742. The summed E-state index contributed by atoms with van der Waals surface area (Å²) in [6.45, 7) is 1.15. The number of methoxy groups -OCH3 is 1. The highest BCUT2D eigenvalue weighted by Gasteiger charge is 2.31. The summed E-state index contributed by atoms with van der Waals surface area (Å²) in [4.78, 5) is 2.03. The smallest absolute Gasteiger partial charge is 0.151 e. The van der Waals surface area contributed by atoms with Crippen molar-refractivity contribution in [1.82, 2.24) is 4.90 Å². The number of nitrogens with zero attached hydrogens (tertiary/aromatic N) is 1. The van der Waals surface area contributed by atoms with E-state index in [0.717, 1.165) is 6.42 Å². The van der Waals surface area contributed by atoms with Crippen molar-refractivity contribution in [2.24, 2.45) is 5.73 Å². The van der Waals surface area contributed by atoms with E-state index in [1.165, 1.54) is 0 Å². The van der Waals surface area contributed by atoms with E-state index >= 15 is 0 Å². The van der Waals surface area contributed by atoms with E-state index in [1.807, 2.05) is 11.9 Å².